The van der Waals surface area contributed by atoms with Gasteiger partial charge in [-0.2, -0.15) is 0 Å². The molecule has 2 aromatic carbocycles. The lowest BCUT2D eigenvalue weighted by Crippen LogP contribution is -2.53. The largest absolute Gasteiger partial charge is 0.506 e. The number of hydrogen-bond donors (Lipinski definition) is 3. The maximum Gasteiger partial charge on any atom is 0.243 e. The second kappa shape index (κ2) is 9.38. The Morgan fingerprint density at radius 2 is 1.77 bits per heavy atom. The summed E-state index contributed by atoms with van der Waals surface area (Å²) in [6.07, 6.45) is 0. The van der Waals surface area contributed by atoms with E-state index in [4.69, 9.17) is 0 Å². The number of nitrogens with one attached hydrogen (secondary N) is 2. The van der Waals surface area contributed by atoms with Gasteiger partial charge in [0.15, 0.2) is 23.4 Å². The van der Waals surface area contributed by atoms with E-state index in [0.29, 0.717) is 32.1 Å². The molecule has 0 unspecified atom stereocenters. The number of benzene rings is 2. The first-order valence-corrected chi connectivity index (χ1v) is 9.32. The Labute approximate surface area is 171 Å². The smallest absolute Gasteiger partial charge is 0.243 e. The topological polar surface area (TPSA) is 80.2 Å². The van der Waals surface area contributed by atoms with Crippen LogP contribution >= 0.6 is 0 Å². The number of anilines is 2. The number of phenolic OH excluding ortho intramolecular Hbond substituents is 1. The highest BCUT2D eigenvalue weighted by Gasteiger charge is 2.22. The molecule has 0 spiro atoms. The fourth-order valence-electron chi connectivity index (χ4n) is 3.20. The quantitative estimate of drug-likeness (QED) is 0.401. The van der Waals surface area contributed by atoms with E-state index in [9.17, 15) is 23.1 Å². The van der Waals surface area contributed by atoms with Crippen molar-refractivity contribution in [1.29, 1.82) is 0 Å². The van der Waals surface area contributed by atoms with Crippen LogP contribution in [0.2, 0.25) is 0 Å². The zero-order valence-electron chi connectivity index (χ0n) is 16.3. The van der Waals surface area contributed by atoms with Crippen LogP contribution in [0.3, 0.4) is 0 Å². The summed E-state index contributed by atoms with van der Waals surface area (Å²) in [5, 5.41) is 15.1. The molecule has 1 aliphatic heterocycles. The fourth-order valence-corrected chi connectivity index (χ4v) is 3.20. The molecule has 7 nitrogen and oxygen atoms in total. The first-order valence-electron chi connectivity index (χ1n) is 9.32. The molecule has 10 heteroatoms. The Morgan fingerprint density at radius 3 is 2.43 bits per heavy atom. The van der Waals surface area contributed by atoms with Crippen LogP contribution in [0.15, 0.2) is 41.4 Å². The third kappa shape index (κ3) is 4.76. The number of nitrogens with zero attached hydrogens (tertiary/aromatic N) is 3. The highest BCUT2D eigenvalue weighted by atomic mass is 19.2. The fraction of sp³-hybridized carbons (Fsp3) is 0.300. The normalized spacial score (nSPS) is 14.6. The third-order valence-electron chi connectivity index (χ3n) is 4.73. The minimum Gasteiger partial charge on any atom is -0.506 e. The van der Waals surface area contributed by atoms with Gasteiger partial charge >= 0.3 is 0 Å². The standard InChI is InChI=1S/C20H22F3N5O2/c1-24-20(25-12-17(30)26-14-7-6-13(21)18(22)19(14)23)28-10-8-27(9-11-28)15-4-2-3-5-16(15)29/h2-7,29H,8-12H2,1H3,(H,24,25)(H,26,30). The van der Waals surface area contributed by atoms with Crippen LogP contribution in [0.5, 0.6) is 5.75 Å². The Morgan fingerprint density at radius 1 is 1.07 bits per heavy atom. The Bertz CT molecular complexity index is 946. The number of carbonyl (C=O) groups excluding carboxylic acids is 1. The molecule has 0 aliphatic carbocycles. The van der Waals surface area contributed by atoms with Gasteiger partial charge in [-0.15, -0.1) is 0 Å². The molecule has 1 fully saturated rings. The van der Waals surface area contributed by atoms with Crippen LogP contribution < -0.4 is 15.5 Å². The van der Waals surface area contributed by atoms with Crippen LogP contribution in [-0.4, -0.2) is 61.6 Å². The average Bonchev–Trinajstić information content (AvgIpc) is 2.75. The van der Waals surface area contributed by atoms with E-state index >= 15 is 0 Å². The number of para-hydroxylation sites is 2. The number of carbonyl (C=O) groups is 1. The summed E-state index contributed by atoms with van der Waals surface area (Å²) in [6, 6.07) is 8.80. The van der Waals surface area contributed by atoms with E-state index in [0.717, 1.165) is 17.8 Å². The number of halogens is 3. The van der Waals surface area contributed by atoms with Gasteiger partial charge in [-0.1, -0.05) is 12.1 Å². The number of hydrogen-bond acceptors (Lipinski definition) is 4. The molecule has 0 saturated carbocycles. The van der Waals surface area contributed by atoms with Crippen molar-refractivity contribution >= 4 is 23.2 Å². The summed E-state index contributed by atoms with van der Waals surface area (Å²) < 4.78 is 39.9. The average molecular weight is 421 g/mol. The maximum atomic E-state index is 13.7. The summed E-state index contributed by atoms with van der Waals surface area (Å²) in [4.78, 5) is 20.2. The van der Waals surface area contributed by atoms with Crippen LogP contribution in [0.4, 0.5) is 24.5 Å². The number of rotatable bonds is 4. The zero-order valence-corrected chi connectivity index (χ0v) is 16.3. The van der Waals surface area contributed by atoms with Gasteiger partial charge in [0.1, 0.15) is 5.75 Å². The second-order valence-corrected chi connectivity index (χ2v) is 6.63. The summed E-state index contributed by atoms with van der Waals surface area (Å²) in [5.74, 6) is -4.35. The monoisotopic (exact) mass is 421 g/mol. The molecule has 1 aliphatic rings. The van der Waals surface area contributed by atoms with Crippen LogP contribution in [0.1, 0.15) is 0 Å². The summed E-state index contributed by atoms with van der Waals surface area (Å²) in [6.45, 7) is 2.26. The SMILES string of the molecule is CN=C(NCC(=O)Nc1ccc(F)c(F)c1F)N1CCN(c2ccccc2O)CC1. The van der Waals surface area contributed by atoms with Crippen molar-refractivity contribution in [2.45, 2.75) is 0 Å². The van der Waals surface area contributed by atoms with Crippen LogP contribution in [-0.2, 0) is 4.79 Å². The van der Waals surface area contributed by atoms with E-state index < -0.39 is 29.0 Å². The molecular formula is C20H22F3N5O2. The molecule has 0 aromatic heterocycles. The minimum atomic E-state index is -1.64. The molecule has 2 aromatic rings. The number of aromatic hydroxyl groups is 1. The van der Waals surface area contributed by atoms with Gasteiger partial charge in [-0.3, -0.25) is 9.79 Å². The predicted molar refractivity (Wildman–Crippen MR) is 108 cm³/mol. The summed E-state index contributed by atoms with van der Waals surface area (Å²) in [7, 11) is 1.57. The van der Waals surface area contributed by atoms with Crippen LogP contribution in [0.25, 0.3) is 0 Å². The molecule has 160 valence electrons. The van der Waals surface area contributed by atoms with Crippen molar-refractivity contribution in [3.8, 4) is 5.75 Å². The summed E-state index contributed by atoms with van der Waals surface area (Å²) >= 11 is 0. The van der Waals surface area contributed by atoms with Crippen molar-refractivity contribution in [2.75, 3.05) is 50.0 Å². The molecule has 30 heavy (non-hydrogen) atoms. The molecule has 1 heterocycles. The Kier molecular flexibility index (Phi) is 6.65. The van der Waals surface area contributed by atoms with Crippen LogP contribution in [0, 0.1) is 17.5 Å². The van der Waals surface area contributed by atoms with Gasteiger partial charge in [0.05, 0.1) is 17.9 Å². The highest BCUT2D eigenvalue weighted by molar-refractivity contribution is 5.95. The predicted octanol–water partition coefficient (Wildman–Crippen LogP) is 2.15. The van der Waals surface area contributed by atoms with Gasteiger partial charge in [-0.05, 0) is 24.3 Å². The van der Waals surface area contributed by atoms with E-state index in [1.54, 1.807) is 19.2 Å². The number of aliphatic imine (C=N–C) groups is 1. The van der Waals surface area contributed by atoms with E-state index in [2.05, 4.69) is 20.5 Å². The van der Waals surface area contributed by atoms with Crippen molar-refractivity contribution in [3.05, 3.63) is 53.8 Å². The molecule has 3 N–H and O–H groups in total. The molecule has 3 rings (SSSR count). The lowest BCUT2D eigenvalue weighted by molar-refractivity contribution is -0.115. The molecule has 0 radical (unpaired) electrons. The Hall–Kier alpha value is -3.43. The molecule has 1 amide bonds. The van der Waals surface area contributed by atoms with E-state index in [1.807, 2.05) is 17.0 Å². The van der Waals surface area contributed by atoms with E-state index in [-0.39, 0.29) is 12.3 Å². The Balaban J connectivity index is 1.52. The zero-order chi connectivity index (χ0) is 21.7. The number of guanidine groups is 1. The van der Waals surface area contributed by atoms with Gasteiger partial charge in [0.2, 0.25) is 5.91 Å². The van der Waals surface area contributed by atoms with Crippen molar-refractivity contribution in [1.82, 2.24) is 10.2 Å². The first-order chi connectivity index (χ1) is 14.4. The molecule has 0 atom stereocenters. The van der Waals surface area contributed by atoms with Crippen molar-refractivity contribution < 1.29 is 23.1 Å². The van der Waals surface area contributed by atoms with Gasteiger partial charge in [0.25, 0.3) is 0 Å². The molecule has 0 bridgehead atoms. The van der Waals surface area contributed by atoms with Crippen molar-refractivity contribution in [3.63, 3.8) is 0 Å². The van der Waals surface area contributed by atoms with Gasteiger partial charge < -0.3 is 25.5 Å². The van der Waals surface area contributed by atoms with E-state index in [1.165, 1.54) is 0 Å². The summed E-state index contributed by atoms with van der Waals surface area (Å²) in [5.41, 5.74) is 0.319. The molecular weight excluding hydrogens is 399 g/mol. The number of amides is 1. The number of piperazine rings is 1. The third-order valence-corrected chi connectivity index (χ3v) is 4.73. The maximum absolute atomic E-state index is 13.7. The second-order valence-electron chi connectivity index (χ2n) is 6.63. The highest BCUT2D eigenvalue weighted by Crippen LogP contribution is 2.27. The number of phenols is 1. The molecule has 1 saturated heterocycles. The lowest BCUT2D eigenvalue weighted by Gasteiger charge is -2.37. The van der Waals surface area contributed by atoms with Crippen molar-refractivity contribution in [2.24, 2.45) is 4.99 Å². The lowest BCUT2D eigenvalue weighted by atomic mass is 10.2. The minimum absolute atomic E-state index is 0.217. The van der Waals surface area contributed by atoms with Gasteiger partial charge in [0, 0.05) is 33.2 Å². The first kappa shape index (κ1) is 21.3. The van der Waals surface area contributed by atoms with Gasteiger partial charge in [-0.25, -0.2) is 13.2 Å².